The summed E-state index contributed by atoms with van der Waals surface area (Å²) in [5.74, 6) is -0.245. The Kier molecular flexibility index (Phi) is 4.50. The minimum atomic E-state index is -0.590. The first kappa shape index (κ1) is 14.9. The average molecular weight is 348 g/mol. The van der Waals surface area contributed by atoms with Gasteiger partial charge in [-0.2, -0.15) is 5.26 Å². The molecule has 0 amide bonds. The van der Waals surface area contributed by atoms with Crippen LogP contribution in [0.5, 0.6) is 5.75 Å². The van der Waals surface area contributed by atoms with E-state index >= 15 is 0 Å². The van der Waals surface area contributed by atoms with Crippen molar-refractivity contribution in [2.24, 2.45) is 0 Å². The first-order valence-electron chi connectivity index (χ1n) is 5.98. The third kappa shape index (κ3) is 3.55. The van der Waals surface area contributed by atoms with Crippen molar-refractivity contribution in [3.63, 3.8) is 0 Å². The zero-order valence-corrected chi connectivity index (χ0v) is 12.6. The molecule has 0 aliphatic carbocycles. The molecule has 1 heterocycles. The van der Waals surface area contributed by atoms with Crippen LogP contribution in [0.25, 0.3) is 0 Å². The number of aromatic nitrogens is 1. The van der Waals surface area contributed by atoms with Gasteiger partial charge in [0.1, 0.15) is 6.10 Å². The maximum atomic E-state index is 10.9. The molecule has 0 spiro atoms. The fourth-order valence-corrected chi connectivity index (χ4v) is 2.03. The van der Waals surface area contributed by atoms with Gasteiger partial charge in [0.05, 0.1) is 16.1 Å². The quantitative estimate of drug-likeness (QED) is 0.620. The normalized spacial score (nSPS) is 11.5. The summed E-state index contributed by atoms with van der Waals surface area (Å²) in [5, 5.41) is 19.7. The Hall–Kier alpha value is -2.46. The van der Waals surface area contributed by atoms with E-state index < -0.39 is 11.0 Å². The standard InChI is InChI=1S/C14H10BrN3O3/c1-9(11-4-2-10(7-16)3-5-11)21-13-6-12(15)8-17-14(13)18(19)20/h2-6,8-9H,1H3/t9-/m1/s1. The van der Waals surface area contributed by atoms with Crippen LogP contribution < -0.4 is 4.74 Å². The minimum absolute atomic E-state index is 0.0891. The highest BCUT2D eigenvalue weighted by Gasteiger charge is 2.20. The number of hydrogen-bond donors (Lipinski definition) is 0. The van der Waals surface area contributed by atoms with Crippen LogP contribution in [-0.4, -0.2) is 9.91 Å². The van der Waals surface area contributed by atoms with Gasteiger partial charge < -0.3 is 14.9 Å². The van der Waals surface area contributed by atoms with Gasteiger partial charge in [0.2, 0.25) is 5.75 Å². The van der Waals surface area contributed by atoms with Gasteiger partial charge in [-0.15, -0.1) is 0 Å². The van der Waals surface area contributed by atoms with Crippen LogP contribution in [0, 0.1) is 21.4 Å². The fourth-order valence-electron chi connectivity index (χ4n) is 1.72. The van der Waals surface area contributed by atoms with Gasteiger partial charge in [-0.25, -0.2) is 0 Å². The molecule has 2 aromatic rings. The maximum absolute atomic E-state index is 10.9. The second kappa shape index (κ2) is 6.33. The van der Waals surface area contributed by atoms with E-state index in [9.17, 15) is 10.1 Å². The molecule has 0 fully saturated rings. The average Bonchev–Trinajstić information content (AvgIpc) is 2.47. The Morgan fingerprint density at radius 3 is 2.67 bits per heavy atom. The molecular weight excluding hydrogens is 338 g/mol. The summed E-state index contributed by atoms with van der Waals surface area (Å²) < 4.78 is 6.22. The van der Waals surface area contributed by atoms with Crippen LogP contribution in [0.3, 0.4) is 0 Å². The van der Waals surface area contributed by atoms with Gasteiger partial charge in [0, 0.05) is 6.07 Å². The smallest absolute Gasteiger partial charge is 0.406 e. The molecular formula is C14H10BrN3O3. The Morgan fingerprint density at radius 2 is 2.10 bits per heavy atom. The van der Waals surface area contributed by atoms with E-state index in [0.29, 0.717) is 10.0 Å². The molecule has 0 N–H and O–H groups in total. The molecule has 21 heavy (non-hydrogen) atoms. The molecule has 0 aliphatic rings. The van der Waals surface area contributed by atoms with Gasteiger partial charge in [0.25, 0.3) is 0 Å². The van der Waals surface area contributed by atoms with Gasteiger partial charge in [-0.1, -0.05) is 12.1 Å². The molecule has 6 nitrogen and oxygen atoms in total. The Morgan fingerprint density at radius 1 is 1.43 bits per heavy atom. The number of hydrogen-bond acceptors (Lipinski definition) is 5. The highest BCUT2D eigenvalue weighted by molar-refractivity contribution is 9.10. The summed E-state index contributed by atoms with van der Waals surface area (Å²) in [7, 11) is 0. The van der Waals surface area contributed by atoms with Crippen molar-refractivity contribution in [3.8, 4) is 11.8 Å². The minimum Gasteiger partial charge on any atom is -0.478 e. The largest absolute Gasteiger partial charge is 0.478 e. The molecule has 106 valence electrons. The molecule has 0 saturated heterocycles. The second-order valence-electron chi connectivity index (χ2n) is 4.23. The monoisotopic (exact) mass is 347 g/mol. The number of halogens is 1. The lowest BCUT2D eigenvalue weighted by Crippen LogP contribution is -2.06. The molecule has 2 rings (SSSR count). The van der Waals surface area contributed by atoms with E-state index in [4.69, 9.17) is 10.00 Å². The number of ether oxygens (including phenoxy) is 1. The molecule has 7 heteroatoms. The van der Waals surface area contributed by atoms with Crippen molar-refractivity contribution in [2.75, 3.05) is 0 Å². The lowest BCUT2D eigenvalue weighted by molar-refractivity contribution is -0.390. The molecule has 0 radical (unpaired) electrons. The van der Waals surface area contributed by atoms with E-state index in [0.717, 1.165) is 5.56 Å². The van der Waals surface area contributed by atoms with Crippen LogP contribution >= 0.6 is 15.9 Å². The highest BCUT2D eigenvalue weighted by atomic mass is 79.9. The van der Waals surface area contributed by atoms with Crippen LogP contribution in [-0.2, 0) is 0 Å². The third-order valence-electron chi connectivity index (χ3n) is 2.79. The van der Waals surface area contributed by atoms with Gasteiger partial charge in [0.15, 0.2) is 6.20 Å². The number of nitrogens with zero attached hydrogens (tertiary/aromatic N) is 3. The first-order chi connectivity index (χ1) is 10.0. The molecule has 1 aromatic heterocycles. The van der Waals surface area contributed by atoms with E-state index in [1.807, 2.05) is 6.07 Å². The first-order valence-corrected chi connectivity index (χ1v) is 6.77. The van der Waals surface area contributed by atoms with Crippen molar-refractivity contribution in [1.29, 1.82) is 5.26 Å². The van der Waals surface area contributed by atoms with Crippen LogP contribution in [0.15, 0.2) is 41.0 Å². The number of benzene rings is 1. The molecule has 0 aliphatic heterocycles. The summed E-state index contributed by atoms with van der Waals surface area (Å²) in [6, 6.07) is 10.4. The maximum Gasteiger partial charge on any atom is 0.406 e. The van der Waals surface area contributed by atoms with E-state index in [1.165, 1.54) is 12.3 Å². The predicted octanol–water partition coefficient (Wildman–Crippen LogP) is 3.76. The molecule has 1 aromatic carbocycles. The summed E-state index contributed by atoms with van der Waals surface area (Å²) in [6.07, 6.45) is 0.935. The van der Waals surface area contributed by atoms with Crippen LogP contribution in [0.1, 0.15) is 24.2 Å². The van der Waals surface area contributed by atoms with E-state index in [1.54, 1.807) is 31.2 Å². The number of nitriles is 1. The molecule has 0 unspecified atom stereocenters. The lowest BCUT2D eigenvalue weighted by Gasteiger charge is -2.14. The van der Waals surface area contributed by atoms with Gasteiger partial charge >= 0.3 is 5.82 Å². The topological polar surface area (TPSA) is 89.1 Å². The third-order valence-corrected chi connectivity index (χ3v) is 3.22. The lowest BCUT2D eigenvalue weighted by atomic mass is 10.1. The molecule has 0 bridgehead atoms. The molecule has 1 atom stereocenters. The summed E-state index contributed by atoms with van der Waals surface area (Å²) >= 11 is 3.21. The summed E-state index contributed by atoms with van der Waals surface area (Å²) in [6.45, 7) is 1.77. The Labute approximate surface area is 129 Å². The summed E-state index contributed by atoms with van der Waals surface area (Å²) in [5.41, 5.74) is 1.35. The zero-order chi connectivity index (χ0) is 15.4. The Bertz CT molecular complexity index is 710. The zero-order valence-electron chi connectivity index (χ0n) is 11.0. The van der Waals surface area contributed by atoms with Crippen molar-refractivity contribution in [1.82, 2.24) is 4.98 Å². The fraction of sp³-hybridized carbons (Fsp3) is 0.143. The Balaban J connectivity index is 2.26. The predicted molar refractivity (Wildman–Crippen MR) is 78.8 cm³/mol. The summed E-state index contributed by atoms with van der Waals surface area (Å²) in [4.78, 5) is 14.1. The number of nitro groups is 1. The number of pyridine rings is 1. The van der Waals surface area contributed by atoms with Crippen molar-refractivity contribution in [2.45, 2.75) is 13.0 Å². The SMILES string of the molecule is C[C@@H](Oc1cc(Br)cnc1[N+](=O)[O-])c1ccc(C#N)cc1. The van der Waals surface area contributed by atoms with E-state index in [2.05, 4.69) is 20.9 Å². The second-order valence-corrected chi connectivity index (χ2v) is 5.14. The van der Waals surface area contributed by atoms with Crippen molar-refractivity contribution in [3.05, 3.63) is 62.2 Å². The van der Waals surface area contributed by atoms with Crippen LogP contribution in [0.4, 0.5) is 5.82 Å². The van der Waals surface area contributed by atoms with Gasteiger partial charge in [-0.05, 0) is 50.5 Å². The van der Waals surface area contributed by atoms with Crippen molar-refractivity contribution >= 4 is 21.7 Å². The highest BCUT2D eigenvalue weighted by Crippen LogP contribution is 2.31. The van der Waals surface area contributed by atoms with Crippen LogP contribution in [0.2, 0.25) is 0 Å². The van der Waals surface area contributed by atoms with E-state index in [-0.39, 0.29) is 11.6 Å². The number of rotatable bonds is 4. The van der Waals surface area contributed by atoms with Crippen molar-refractivity contribution < 1.29 is 9.66 Å². The van der Waals surface area contributed by atoms with Gasteiger partial charge in [-0.3, -0.25) is 0 Å². The molecule has 0 saturated carbocycles.